The molecule has 1 fully saturated rings. The van der Waals surface area contributed by atoms with Crippen LogP contribution in [0, 0.1) is 0 Å². The van der Waals surface area contributed by atoms with E-state index in [1.54, 1.807) is 0 Å². The van der Waals surface area contributed by atoms with Crippen LogP contribution < -0.4 is 5.32 Å². The van der Waals surface area contributed by atoms with Crippen molar-refractivity contribution < 1.29 is 9.47 Å². The molecule has 1 aliphatic heterocycles. The molecule has 94 valence electrons. The van der Waals surface area contributed by atoms with Gasteiger partial charge in [0.2, 0.25) is 0 Å². The molecule has 0 spiro atoms. The normalized spacial score (nSPS) is 22.4. The predicted octanol–water partition coefficient (Wildman–Crippen LogP) is 2.41. The van der Waals surface area contributed by atoms with Crippen molar-refractivity contribution in [2.24, 2.45) is 0 Å². The van der Waals surface area contributed by atoms with Crippen molar-refractivity contribution in [3.8, 4) is 0 Å². The number of hydrogen-bond donors (Lipinski definition) is 1. The third kappa shape index (κ3) is 3.19. The predicted molar refractivity (Wildman–Crippen MR) is 68.4 cm³/mol. The molecule has 0 amide bonds. The highest BCUT2D eigenvalue weighted by Crippen LogP contribution is 2.27. The maximum atomic E-state index is 6.24. The largest absolute Gasteiger partial charge is 0.376 e. The molecule has 0 radical (unpaired) electrons. The van der Waals surface area contributed by atoms with Crippen LogP contribution in [0.1, 0.15) is 18.5 Å². The highest BCUT2D eigenvalue weighted by atomic mass is 35.5. The topological polar surface area (TPSA) is 30.5 Å². The van der Waals surface area contributed by atoms with Gasteiger partial charge in [0, 0.05) is 5.02 Å². The fourth-order valence-electron chi connectivity index (χ4n) is 2.09. The van der Waals surface area contributed by atoms with E-state index in [4.69, 9.17) is 21.1 Å². The van der Waals surface area contributed by atoms with Gasteiger partial charge in [0.15, 0.2) is 0 Å². The summed E-state index contributed by atoms with van der Waals surface area (Å²) in [6.07, 6.45) is 0.0311. The van der Waals surface area contributed by atoms with Crippen molar-refractivity contribution in [3.05, 3.63) is 34.9 Å². The molecule has 2 rings (SSSR count). The zero-order valence-corrected chi connectivity index (χ0v) is 10.7. The van der Waals surface area contributed by atoms with Gasteiger partial charge in [-0.15, -0.1) is 0 Å². The van der Waals surface area contributed by atoms with Crippen molar-refractivity contribution in [2.75, 3.05) is 26.4 Å². The van der Waals surface area contributed by atoms with Crippen LogP contribution in [0.5, 0.6) is 0 Å². The third-order valence-corrected chi connectivity index (χ3v) is 3.22. The van der Waals surface area contributed by atoms with Crippen molar-refractivity contribution in [3.63, 3.8) is 0 Å². The Morgan fingerprint density at radius 1 is 1.41 bits per heavy atom. The summed E-state index contributed by atoms with van der Waals surface area (Å²) in [5, 5.41) is 4.19. The van der Waals surface area contributed by atoms with Gasteiger partial charge in [-0.3, -0.25) is 0 Å². The minimum atomic E-state index is 0.0311. The molecule has 1 saturated heterocycles. The first-order chi connectivity index (χ1) is 8.33. The van der Waals surface area contributed by atoms with Gasteiger partial charge in [0.05, 0.1) is 25.9 Å². The molecule has 2 unspecified atom stereocenters. The Hall–Kier alpha value is -0.610. The standard InChI is InChI=1S/C13H18ClNO2/c1-2-15-13(12-9-16-7-8-17-12)10-5-3-4-6-11(10)14/h3-6,12-13,15H,2,7-9H2,1H3. The van der Waals surface area contributed by atoms with E-state index in [1.165, 1.54) is 0 Å². The van der Waals surface area contributed by atoms with Gasteiger partial charge in [-0.25, -0.2) is 0 Å². The number of rotatable bonds is 4. The summed E-state index contributed by atoms with van der Waals surface area (Å²) in [6, 6.07) is 7.97. The molecule has 0 saturated carbocycles. The Bertz CT molecular complexity index is 353. The summed E-state index contributed by atoms with van der Waals surface area (Å²) in [4.78, 5) is 0. The lowest BCUT2D eigenvalue weighted by Crippen LogP contribution is -2.40. The van der Waals surface area contributed by atoms with E-state index >= 15 is 0 Å². The number of halogens is 1. The van der Waals surface area contributed by atoms with E-state index < -0.39 is 0 Å². The molecule has 1 aromatic carbocycles. The average Bonchev–Trinajstić information content (AvgIpc) is 2.38. The van der Waals surface area contributed by atoms with Crippen LogP contribution in [-0.4, -0.2) is 32.5 Å². The van der Waals surface area contributed by atoms with E-state index in [-0.39, 0.29) is 12.1 Å². The summed E-state index contributed by atoms with van der Waals surface area (Å²) < 4.78 is 11.2. The van der Waals surface area contributed by atoms with E-state index in [1.807, 2.05) is 24.3 Å². The second-order valence-corrected chi connectivity index (χ2v) is 4.45. The van der Waals surface area contributed by atoms with Crippen molar-refractivity contribution in [1.29, 1.82) is 0 Å². The number of hydrogen-bond acceptors (Lipinski definition) is 3. The van der Waals surface area contributed by atoms with Gasteiger partial charge in [0.25, 0.3) is 0 Å². The van der Waals surface area contributed by atoms with Gasteiger partial charge in [0.1, 0.15) is 6.10 Å². The second-order valence-electron chi connectivity index (χ2n) is 4.04. The van der Waals surface area contributed by atoms with E-state index in [9.17, 15) is 0 Å². The highest BCUT2D eigenvalue weighted by Gasteiger charge is 2.27. The summed E-state index contributed by atoms with van der Waals surface area (Å²) in [5.41, 5.74) is 1.08. The molecule has 3 nitrogen and oxygen atoms in total. The first-order valence-electron chi connectivity index (χ1n) is 6.00. The van der Waals surface area contributed by atoms with Crippen LogP contribution in [0.25, 0.3) is 0 Å². The molecule has 1 N–H and O–H groups in total. The highest BCUT2D eigenvalue weighted by molar-refractivity contribution is 6.31. The minimum absolute atomic E-state index is 0.0311. The first-order valence-corrected chi connectivity index (χ1v) is 6.38. The van der Waals surface area contributed by atoms with Gasteiger partial charge >= 0.3 is 0 Å². The molecule has 2 atom stereocenters. The summed E-state index contributed by atoms with van der Waals surface area (Å²) in [5.74, 6) is 0. The number of benzene rings is 1. The zero-order chi connectivity index (χ0) is 12.1. The molecule has 17 heavy (non-hydrogen) atoms. The molecule has 1 heterocycles. The fraction of sp³-hybridized carbons (Fsp3) is 0.538. The van der Waals surface area contributed by atoms with E-state index in [0.717, 1.165) is 17.1 Å². The first kappa shape index (κ1) is 12.8. The average molecular weight is 256 g/mol. The Morgan fingerprint density at radius 3 is 2.88 bits per heavy atom. The summed E-state index contributed by atoms with van der Waals surface area (Å²) in [6.45, 7) is 4.89. The van der Waals surface area contributed by atoms with Crippen molar-refractivity contribution in [2.45, 2.75) is 19.1 Å². The van der Waals surface area contributed by atoms with Gasteiger partial charge in [-0.2, -0.15) is 0 Å². The Morgan fingerprint density at radius 2 is 2.24 bits per heavy atom. The van der Waals surface area contributed by atoms with Gasteiger partial charge in [-0.05, 0) is 18.2 Å². The number of ether oxygens (including phenoxy) is 2. The molecule has 0 aliphatic carbocycles. The van der Waals surface area contributed by atoms with Crippen molar-refractivity contribution >= 4 is 11.6 Å². The second kappa shape index (κ2) is 6.36. The van der Waals surface area contributed by atoms with Crippen molar-refractivity contribution in [1.82, 2.24) is 5.32 Å². The molecule has 1 aromatic rings. The van der Waals surface area contributed by atoms with Crippen LogP contribution >= 0.6 is 11.6 Å². The number of nitrogens with one attached hydrogen (secondary N) is 1. The zero-order valence-electron chi connectivity index (χ0n) is 9.99. The van der Waals surface area contributed by atoms with Crippen LogP contribution in [0.4, 0.5) is 0 Å². The number of likely N-dealkylation sites (N-methyl/N-ethyl adjacent to an activating group) is 1. The van der Waals surface area contributed by atoms with Crippen LogP contribution in [0.3, 0.4) is 0 Å². The monoisotopic (exact) mass is 255 g/mol. The fourth-order valence-corrected chi connectivity index (χ4v) is 2.34. The summed E-state index contributed by atoms with van der Waals surface area (Å²) in [7, 11) is 0. The molecule has 1 aliphatic rings. The van der Waals surface area contributed by atoms with E-state index in [0.29, 0.717) is 19.8 Å². The lowest BCUT2D eigenvalue weighted by Gasteiger charge is -2.31. The van der Waals surface area contributed by atoms with Gasteiger partial charge in [-0.1, -0.05) is 36.7 Å². The third-order valence-electron chi connectivity index (χ3n) is 2.88. The lowest BCUT2D eigenvalue weighted by molar-refractivity contribution is -0.102. The molecule has 4 heteroatoms. The van der Waals surface area contributed by atoms with Crippen LogP contribution in [0.15, 0.2) is 24.3 Å². The smallest absolute Gasteiger partial charge is 0.100 e. The maximum absolute atomic E-state index is 6.24. The van der Waals surface area contributed by atoms with Crippen LogP contribution in [0.2, 0.25) is 5.02 Å². The molecule has 0 bridgehead atoms. The lowest BCUT2D eigenvalue weighted by atomic mass is 10.0. The molecule has 0 aromatic heterocycles. The van der Waals surface area contributed by atoms with Gasteiger partial charge < -0.3 is 14.8 Å². The van der Waals surface area contributed by atoms with Crippen LogP contribution in [-0.2, 0) is 9.47 Å². The maximum Gasteiger partial charge on any atom is 0.100 e. The quantitative estimate of drug-likeness (QED) is 0.896. The Balaban J connectivity index is 2.18. The minimum Gasteiger partial charge on any atom is -0.376 e. The Labute approximate surface area is 107 Å². The van der Waals surface area contributed by atoms with E-state index in [2.05, 4.69) is 12.2 Å². The molecular weight excluding hydrogens is 238 g/mol. The summed E-state index contributed by atoms with van der Waals surface area (Å²) >= 11 is 6.24. The molecular formula is C13H18ClNO2. The SMILES string of the molecule is CCNC(c1ccccc1Cl)C1COCCO1. The Kier molecular flexibility index (Phi) is 4.80.